The van der Waals surface area contributed by atoms with E-state index in [4.69, 9.17) is 4.74 Å². The molecule has 1 amide bonds. The molecule has 0 saturated carbocycles. The van der Waals surface area contributed by atoms with Gasteiger partial charge in [0.15, 0.2) is 6.04 Å². The molecule has 0 spiro atoms. The Morgan fingerprint density at radius 2 is 1.74 bits per heavy atom. The quantitative estimate of drug-likeness (QED) is 0.852. The molecule has 5 heteroatoms. The van der Waals surface area contributed by atoms with Gasteiger partial charge < -0.3 is 14.8 Å². The van der Waals surface area contributed by atoms with Crippen molar-refractivity contribution in [2.45, 2.75) is 32.4 Å². The zero-order valence-corrected chi connectivity index (χ0v) is 11.6. The Hall–Kier alpha value is -2.04. The van der Waals surface area contributed by atoms with Crippen LogP contribution in [0.3, 0.4) is 0 Å². The minimum atomic E-state index is -0.882. The summed E-state index contributed by atoms with van der Waals surface area (Å²) < 4.78 is 9.82. The molecule has 0 heterocycles. The third kappa shape index (κ3) is 4.99. The van der Waals surface area contributed by atoms with Crippen LogP contribution in [-0.4, -0.2) is 24.8 Å². The van der Waals surface area contributed by atoms with Gasteiger partial charge in [-0.25, -0.2) is 9.59 Å². The summed E-state index contributed by atoms with van der Waals surface area (Å²) in [4.78, 5) is 23.4. The summed E-state index contributed by atoms with van der Waals surface area (Å²) >= 11 is 0. The minimum absolute atomic E-state index is 0.524. The average Bonchev–Trinajstić information content (AvgIpc) is 2.34. The first-order valence-electron chi connectivity index (χ1n) is 5.96. The SMILES string of the molecule is COC(=O)N[C@@H](C(=O)OC(C)(C)C)c1ccccc1. The topological polar surface area (TPSA) is 64.6 Å². The van der Waals surface area contributed by atoms with Gasteiger partial charge in [-0.05, 0) is 26.3 Å². The number of rotatable bonds is 3. The predicted molar refractivity (Wildman–Crippen MR) is 70.6 cm³/mol. The van der Waals surface area contributed by atoms with Gasteiger partial charge in [-0.15, -0.1) is 0 Å². The lowest BCUT2D eigenvalue weighted by molar-refractivity contribution is -0.157. The van der Waals surface area contributed by atoms with Crippen LogP contribution in [0.4, 0.5) is 4.79 Å². The molecule has 1 N–H and O–H groups in total. The Morgan fingerprint density at radius 3 is 2.21 bits per heavy atom. The molecule has 0 aromatic heterocycles. The van der Waals surface area contributed by atoms with Gasteiger partial charge in [-0.2, -0.15) is 0 Å². The van der Waals surface area contributed by atoms with E-state index in [1.54, 1.807) is 45.0 Å². The molecule has 1 aromatic carbocycles. The molecule has 0 saturated heterocycles. The maximum Gasteiger partial charge on any atom is 0.407 e. The highest BCUT2D eigenvalue weighted by Crippen LogP contribution is 2.18. The van der Waals surface area contributed by atoms with Gasteiger partial charge in [0.25, 0.3) is 0 Å². The lowest BCUT2D eigenvalue weighted by atomic mass is 10.1. The summed E-state index contributed by atoms with van der Waals surface area (Å²) in [7, 11) is 1.24. The van der Waals surface area contributed by atoms with Crippen molar-refractivity contribution in [1.29, 1.82) is 0 Å². The fraction of sp³-hybridized carbons (Fsp3) is 0.429. The van der Waals surface area contributed by atoms with E-state index in [1.807, 2.05) is 6.07 Å². The van der Waals surface area contributed by atoms with Crippen LogP contribution in [0.15, 0.2) is 30.3 Å². The molecule has 0 aliphatic heterocycles. The summed E-state index contributed by atoms with van der Waals surface area (Å²) in [6.07, 6.45) is -0.681. The molecular weight excluding hydrogens is 246 g/mol. The van der Waals surface area contributed by atoms with E-state index in [2.05, 4.69) is 10.1 Å². The van der Waals surface area contributed by atoms with Gasteiger partial charge in [-0.3, -0.25) is 0 Å². The zero-order valence-electron chi connectivity index (χ0n) is 11.6. The number of benzene rings is 1. The third-order valence-corrected chi connectivity index (χ3v) is 2.22. The van der Waals surface area contributed by atoms with Gasteiger partial charge in [0.05, 0.1) is 7.11 Å². The number of carbonyl (C=O) groups is 2. The average molecular weight is 265 g/mol. The maximum absolute atomic E-state index is 12.1. The van der Waals surface area contributed by atoms with Crippen LogP contribution in [0, 0.1) is 0 Å². The van der Waals surface area contributed by atoms with Gasteiger partial charge in [0, 0.05) is 0 Å². The van der Waals surface area contributed by atoms with Gasteiger partial charge in [0.1, 0.15) is 5.60 Å². The standard InChI is InChI=1S/C14H19NO4/c1-14(2,3)19-12(16)11(15-13(17)18-4)10-8-6-5-7-9-10/h5-9,11H,1-4H3,(H,15,17)/t11-/m1/s1. The maximum atomic E-state index is 12.1. The monoisotopic (exact) mass is 265 g/mol. The second kappa shape index (κ2) is 6.22. The first kappa shape index (κ1) is 15.0. The van der Waals surface area contributed by atoms with E-state index in [9.17, 15) is 9.59 Å². The Bertz CT molecular complexity index is 437. The van der Waals surface area contributed by atoms with Crippen LogP contribution in [0.2, 0.25) is 0 Å². The van der Waals surface area contributed by atoms with Crippen molar-refractivity contribution in [2.24, 2.45) is 0 Å². The molecule has 0 bridgehead atoms. The molecule has 0 aliphatic carbocycles. The van der Waals surface area contributed by atoms with E-state index in [-0.39, 0.29) is 0 Å². The summed E-state index contributed by atoms with van der Waals surface area (Å²) in [5.74, 6) is -0.524. The van der Waals surface area contributed by atoms with Crippen molar-refractivity contribution < 1.29 is 19.1 Å². The highest BCUT2D eigenvalue weighted by molar-refractivity contribution is 5.83. The Morgan fingerprint density at radius 1 is 1.16 bits per heavy atom. The van der Waals surface area contributed by atoms with Crippen molar-refractivity contribution in [3.05, 3.63) is 35.9 Å². The summed E-state index contributed by atoms with van der Waals surface area (Å²) in [5, 5.41) is 2.47. The van der Waals surface area contributed by atoms with E-state index in [0.29, 0.717) is 5.56 Å². The van der Waals surface area contributed by atoms with Crippen molar-refractivity contribution in [3.63, 3.8) is 0 Å². The molecule has 5 nitrogen and oxygen atoms in total. The summed E-state index contributed by atoms with van der Waals surface area (Å²) in [6, 6.07) is 7.99. The van der Waals surface area contributed by atoms with Crippen LogP contribution in [0.1, 0.15) is 32.4 Å². The van der Waals surface area contributed by atoms with E-state index in [1.165, 1.54) is 7.11 Å². The number of alkyl carbamates (subject to hydrolysis) is 1. The number of amides is 1. The van der Waals surface area contributed by atoms with Crippen molar-refractivity contribution in [2.75, 3.05) is 7.11 Å². The van der Waals surface area contributed by atoms with Crippen molar-refractivity contribution in [1.82, 2.24) is 5.32 Å². The Balaban J connectivity index is 2.93. The van der Waals surface area contributed by atoms with Crippen LogP contribution in [-0.2, 0) is 14.3 Å². The molecule has 1 atom stereocenters. The van der Waals surface area contributed by atoms with E-state index < -0.39 is 23.7 Å². The Labute approximate surface area is 112 Å². The number of ether oxygens (including phenoxy) is 2. The molecular formula is C14H19NO4. The van der Waals surface area contributed by atoms with Crippen LogP contribution >= 0.6 is 0 Å². The first-order valence-corrected chi connectivity index (χ1v) is 5.96. The molecule has 19 heavy (non-hydrogen) atoms. The number of hydrogen-bond acceptors (Lipinski definition) is 4. The minimum Gasteiger partial charge on any atom is -0.458 e. The fourth-order valence-electron chi connectivity index (χ4n) is 1.46. The molecule has 0 fully saturated rings. The van der Waals surface area contributed by atoms with Crippen LogP contribution < -0.4 is 5.32 Å². The molecule has 1 aromatic rings. The lowest BCUT2D eigenvalue weighted by Crippen LogP contribution is -2.38. The summed E-state index contributed by atoms with van der Waals surface area (Å²) in [6.45, 7) is 5.31. The summed E-state index contributed by atoms with van der Waals surface area (Å²) in [5.41, 5.74) is 0.0178. The smallest absolute Gasteiger partial charge is 0.407 e. The fourth-order valence-corrected chi connectivity index (χ4v) is 1.46. The van der Waals surface area contributed by atoms with Gasteiger partial charge >= 0.3 is 12.1 Å². The Kier molecular flexibility index (Phi) is 4.92. The second-order valence-corrected chi connectivity index (χ2v) is 5.01. The molecule has 104 valence electrons. The second-order valence-electron chi connectivity index (χ2n) is 5.01. The highest BCUT2D eigenvalue weighted by atomic mass is 16.6. The van der Waals surface area contributed by atoms with Gasteiger partial charge in [-0.1, -0.05) is 30.3 Å². The highest BCUT2D eigenvalue weighted by Gasteiger charge is 2.28. The first-order chi connectivity index (χ1) is 8.83. The van der Waals surface area contributed by atoms with Crippen LogP contribution in [0.25, 0.3) is 0 Å². The van der Waals surface area contributed by atoms with E-state index in [0.717, 1.165) is 0 Å². The third-order valence-electron chi connectivity index (χ3n) is 2.22. The number of hydrogen-bond donors (Lipinski definition) is 1. The largest absolute Gasteiger partial charge is 0.458 e. The number of carbonyl (C=O) groups excluding carboxylic acids is 2. The number of nitrogens with one attached hydrogen (secondary N) is 1. The molecule has 1 rings (SSSR count). The van der Waals surface area contributed by atoms with Crippen molar-refractivity contribution >= 4 is 12.1 Å². The van der Waals surface area contributed by atoms with Crippen molar-refractivity contribution in [3.8, 4) is 0 Å². The predicted octanol–water partition coefficient (Wildman–Crippen LogP) is 2.43. The van der Waals surface area contributed by atoms with E-state index >= 15 is 0 Å². The molecule has 0 aliphatic rings. The molecule has 0 radical (unpaired) electrons. The molecule has 0 unspecified atom stereocenters. The normalized spacial score (nSPS) is 12.4. The van der Waals surface area contributed by atoms with Crippen LogP contribution in [0.5, 0.6) is 0 Å². The number of esters is 1. The zero-order chi connectivity index (χ0) is 14.5. The van der Waals surface area contributed by atoms with Gasteiger partial charge in [0.2, 0.25) is 0 Å². The number of methoxy groups -OCH3 is 1. The lowest BCUT2D eigenvalue weighted by Gasteiger charge is -2.24.